The first kappa shape index (κ1) is 27.3. The molecule has 0 aliphatic rings. The molecule has 1 atom stereocenters. The van der Waals surface area contributed by atoms with Crippen LogP contribution in [0.1, 0.15) is 53.9 Å². The maximum absolute atomic E-state index is 16.4. The van der Waals surface area contributed by atoms with Crippen molar-refractivity contribution in [3.05, 3.63) is 107 Å². The first-order valence-electron chi connectivity index (χ1n) is 11.9. The third-order valence-corrected chi connectivity index (χ3v) is 6.35. The number of halogens is 5. The number of hydrogen-bond acceptors (Lipinski definition) is 3. The Morgan fingerprint density at radius 1 is 0.868 bits per heavy atom. The average molecular weight is 528 g/mol. The highest BCUT2D eigenvalue weighted by Gasteiger charge is 2.32. The van der Waals surface area contributed by atoms with Gasteiger partial charge in [-0.1, -0.05) is 38.1 Å². The van der Waals surface area contributed by atoms with E-state index in [1.165, 1.54) is 31.4 Å². The summed E-state index contributed by atoms with van der Waals surface area (Å²) in [6.45, 7) is 3.15. The van der Waals surface area contributed by atoms with Gasteiger partial charge in [0.1, 0.15) is 11.6 Å². The van der Waals surface area contributed by atoms with E-state index in [0.29, 0.717) is 39.4 Å². The van der Waals surface area contributed by atoms with E-state index in [4.69, 9.17) is 9.72 Å². The lowest BCUT2D eigenvalue weighted by Crippen LogP contribution is -2.12. The van der Waals surface area contributed by atoms with Gasteiger partial charge in [0.15, 0.2) is 6.17 Å². The Morgan fingerprint density at radius 3 is 1.95 bits per heavy atom. The van der Waals surface area contributed by atoms with E-state index in [-0.39, 0.29) is 17.0 Å². The average Bonchev–Trinajstić information content (AvgIpc) is 2.91. The first-order chi connectivity index (χ1) is 18.0. The Balaban J connectivity index is 2.02. The van der Waals surface area contributed by atoms with Crippen LogP contribution < -0.4 is 4.74 Å². The second-order valence-electron chi connectivity index (χ2n) is 9.14. The largest absolute Gasteiger partial charge is 0.497 e. The number of benzene rings is 3. The van der Waals surface area contributed by atoms with Gasteiger partial charge in [-0.2, -0.15) is 13.2 Å². The molecule has 0 saturated carbocycles. The second kappa shape index (κ2) is 10.9. The van der Waals surface area contributed by atoms with Gasteiger partial charge in [0.2, 0.25) is 0 Å². The van der Waals surface area contributed by atoms with E-state index in [0.717, 1.165) is 24.3 Å². The summed E-state index contributed by atoms with van der Waals surface area (Å²) in [4.78, 5) is 4.78. The van der Waals surface area contributed by atoms with E-state index in [2.05, 4.69) is 0 Å². The molecule has 0 aliphatic heterocycles. The lowest BCUT2D eigenvalue weighted by molar-refractivity contribution is -0.137. The van der Waals surface area contributed by atoms with Crippen LogP contribution in [0.4, 0.5) is 22.0 Å². The summed E-state index contributed by atoms with van der Waals surface area (Å²) >= 11 is 0. The van der Waals surface area contributed by atoms with Gasteiger partial charge < -0.3 is 9.84 Å². The second-order valence-corrected chi connectivity index (χ2v) is 9.14. The third kappa shape index (κ3) is 5.41. The standard InChI is InChI=1S/C30H26F5NO2/c1-17(2)28-26(27(32)19-4-10-21(11-5-19)30(33,34)35)25(18-6-12-22(31)13-7-18)24(16-37)29(36-28)20-8-14-23(38-3)15-9-20/h4-15,17,27,37H,16H2,1-3H3. The number of aliphatic hydroxyl groups is 1. The zero-order valence-corrected chi connectivity index (χ0v) is 21.0. The molecule has 3 aromatic carbocycles. The molecule has 8 heteroatoms. The molecule has 0 bridgehead atoms. The molecule has 38 heavy (non-hydrogen) atoms. The Bertz CT molecular complexity index is 1400. The summed E-state index contributed by atoms with van der Waals surface area (Å²) in [6, 6.07) is 16.3. The van der Waals surface area contributed by atoms with Gasteiger partial charge >= 0.3 is 6.18 Å². The number of methoxy groups -OCH3 is 1. The summed E-state index contributed by atoms with van der Waals surface area (Å²) in [6.07, 6.45) is -6.42. The molecular formula is C30H26F5NO2. The zero-order valence-electron chi connectivity index (χ0n) is 21.0. The molecule has 1 heterocycles. The summed E-state index contributed by atoms with van der Waals surface area (Å²) < 4.78 is 74.8. The topological polar surface area (TPSA) is 42.4 Å². The van der Waals surface area contributed by atoms with Crippen LogP contribution in [-0.2, 0) is 12.8 Å². The Hall–Kier alpha value is -3.78. The Morgan fingerprint density at radius 2 is 1.45 bits per heavy atom. The fourth-order valence-electron chi connectivity index (χ4n) is 4.45. The summed E-state index contributed by atoms with van der Waals surface area (Å²) in [5, 5.41) is 10.5. The summed E-state index contributed by atoms with van der Waals surface area (Å²) in [5.41, 5.74) is 1.76. The van der Waals surface area contributed by atoms with Crippen LogP contribution in [0.25, 0.3) is 22.4 Å². The van der Waals surface area contributed by atoms with E-state index in [1.54, 1.807) is 24.3 Å². The number of aliphatic hydroxyl groups excluding tert-OH is 1. The molecule has 0 amide bonds. The van der Waals surface area contributed by atoms with Crippen LogP contribution in [0.5, 0.6) is 5.75 Å². The normalized spacial score (nSPS) is 12.6. The fourth-order valence-corrected chi connectivity index (χ4v) is 4.45. The first-order valence-corrected chi connectivity index (χ1v) is 11.9. The maximum Gasteiger partial charge on any atom is 0.416 e. The minimum atomic E-state index is -4.56. The van der Waals surface area contributed by atoms with Crippen LogP contribution in [-0.4, -0.2) is 17.2 Å². The number of pyridine rings is 1. The number of nitrogens with zero attached hydrogens (tertiary/aromatic N) is 1. The number of alkyl halides is 4. The highest BCUT2D eigenvalue weighted by molar-refractivity contribution is 5.80. The molecule has 4 aromatic rings. The van der Waals surface area contributed by atoms with Gasteiger partial charge in [-0.15, -0.1) is 0 Å². The number of rotatable bonds is 7. The van der Waals surface area contributed by atoms with Crippen LogP contribution >= 0.6 is 0 Å². The highest BCUT2D eigenvalue weighted by Crippen LogP contribution is 2.44. The predicted octanol–water partition coefficient (Wildman–Crippen LogP) is 8.26. The monoisotopic (exact) mass is 527 g/mol. The van der Waals surface area contributed by atoms with Crippen molar-refractivity contribution < 1.29 is 31.8 Å². The van der Waals surface area contributed by atoms with Crippen molar-refractivity contribution in [2.24, 2.45) is 0 Å². The van der Waals surface area contributed by atoms with Gasteiger partial charge in [-0.3, -0.25) is 4.98 Å². The van der Waals surface area contributed by atoms with E-state index in [1.807, 2.05) is 13.8 Å². The van der Waals surface area contributed by atoms with Crippen molar-refractivity contribution in [2.45, 2.75) is 38.7 Å². The molecule has 4 rings (SSSR count). The van der Waals surface area contributed by atoms with Crippen LogP contribution in [0, 0.1) is 5.82 Å². The van der Waals surface area contributed by atoms with Crippen molar-refractivity contribution >= 4 is 0 Å². The molecular weight excluding hydrogens is 501 g/mol. The van der Waals surface area contributed by atoms with Crippen LogP contribution in [0.2, 0.25) is 0 Å². The Labute approximate surface area is 217 Å². The van der Waals surface area contributed by atoms with Crippen molar-refractivity contribution in [2.75, 3.05) is 7.11 Å². The van der Waals surface area contributed by atoms with Crippen molar-refractivity contribution in [3.63, 3.8) is 0 Å². The minimum Gasteiger partial charge on any atom is -0.497 e. The van der Waals surface area contributed by atoms with Gasteiger partial charge in [0.25, 0.3) is 0 Å². The van der Waals surface area contributed by atoms with Gasteiger partial charge in [-0.05, 0) is 71.1 Å². The molecule has 0 radical (unpaired) electrons. The smallest absolute Gasteiger partial charge is 0.416 e. The predicted molar refractivity (Wildman–Crippen MR) is 136 cm³/mol. The molecule has 198 valence electrons. The fraction of sp³-hybridized carbons (Fsp3) is 0.233. The quantitative estimate of drug-likeness (QED) is 0.246. The molecule has 3 nitrogen and oxygen atoms in total. The van der Waals surface area contributed by atoms with Crippen LogP contribution in [0.15, 0.2) is 72.8 Å². The van der Waals surface area contributed by atoms with Gasteiger partial charge in [0.05, 0.1) is 30.7 Å². The van der Waals surface area contributed by atoms with E-state index >= 15 is 4.39 Å². The molecule has 1 unspecified atom stereocenters. The number of hydrogen-bond donors (Lipinski definition) is 1. The van der Waals surface area contributed by atoms with E-state index in [9.17, 15) is 22.7 Å². The van der Waals surface area contributed by atoms with Gasteiger partial charge in [-0.25, -0.2) is 8.78 Å². The molecule has 1 N–H and O–H groups in total. The van der Waals surface area contributed by atoms with E-state index < -0.39 is 30.3 Å². The third-order valence-electron chi connectivity index (χ3n) is 6.35. The SMILES string of the molecule is COc1ccc(-c2nc(C(C)C)c(C(F)c3ccc(C(F)(F)F)cc3)c(-c3ccc(F)cc3)c2CO)cc1. The molecule has 1 aromatic heterocycles. The molecule has 0 saturated heterocycles. The van der Waals surface area contributed by atoms with Crippen molar-refractivity contribution in [1.29, 1.82) is 0 Å². The highest BCUT2D eigenvalue weighted by atomic mass is 19.4. The van der Waals surface area contributed by atoms with Gasteiger partial charge in [0, 0.05) is 16.7 Å². The zero-order chi connectivity index (χ0) is 27.6. The maximum atomic E-state index is 16.4. The lowest BCUT2D eigenvalue weighted by atomic mass is 9.84. The summed E-state index contributed by atoms with van der Waals surface area (Å²) in [7, 11) is 1.54. The molecule has 0 spiro atoms. The van der Waals surface area contributed by atoms with Crippen molar-refractivity contribution in [3.8, 4) is 28.1 Å². The van der Waals surface area contributed by atoms with Crippen molar-refractivity contribution in [1.82, 2.24) is 4.98 Å². The molecule has 0 fully saturated rings. The minimum absolute atomic E-state index is 0.00569. The Kier molecular flexibility index (Phi) is 7.83. The molecule has 0 aliphatic carbocycles. The number of aromatic nitrogens is 1. The van der Waals surface area contributed by atoms with Crippen LogP contribution in [0.3, 0.4) is 0 Å². The lowest BCUT2D eigenvalue weighted by Gasteiger charge is -2.25. The number of ether oxygens (including phenoxy) is 1. The summed E-state index contributed by atoms with van der Waals surface area (Å²) in [5.74, 6) is -0.166.